The predicted octanol–water partition coefficient (Wildman–Crippen LogP) is 9.49. The Labute approximate surface area is 220 Å². The first-order valence-corrected chi connectivity index (χ1v) is 12.1. The Morgan fingerprint density at radius 3 is 1.43 bits per heavy atom. The van der Waals surface area contributed by atoms with E-state index in [1.807, 2.05) is 48.5 Å². The van der Waals surface area contributed by atoms with Crippen molar-refractivity contribution < 1.29 is 13.5 Å². The quantitative estimate of drug-likeness (QED) is 0.228. The molecule has 0 saturated heterocycles. The van der Waals surface area contributed by atoms with Crippen molar-refractivity contribution in [3.63, 3.8) is 0 Å². The number of fused-ring (bicyclic) bond motifs is 2. The molecule has 0 bridgehead atoms. The molecule has 2 aromatic heterocycles. The molecule has 7 heteroatoms. The molecule has 0 unspecified atom stereocenters. The van der Waals surface area contributed by atoms with Crippen molar-refractivity contribution in [1.29, 1.82) is 0 Å². The number of rotatable bonds is 4. The Kier molecular flexibility index (Phi) is 5.95. The molecular weight excluding hydrogens is 513 g/mol. The molecule has 0 aliphatic heterocycles. The molecule has 0 amide bonds. The van der Waals surface area contributed by atoms with Gasteiger partial charge in [-0.05, 0) is 59.7 Å². The molecule has 4 aromatic carbocycles. The molecule has 0 saturated carbocycles. The fourth-order valence-electron chi connectivity index (χ4n) is 4.48. The summed E-state index contributed by atoms with van der Waals surface area (Å²) in [5, 5.41) is 1.36. The summed E-state index contributed by atoms with van der Waals surface area (Å²) in [5.74, 6) is -0.625. The minimum absolute atomic E-state index is 0.0991. The monoisotopic (exact) mass is 528 g/mol. The summed E-state index contributed by atoms with van der Waals surface area (Å²) in [6.07, 6.45) is 3.26. The van der Waals surface area contributed by atoms with Crippen molar-refractivity contribution in [3.8, 4) is 33.8 Å². The Morgan fingerprint density at radius 1 is 0.541 bits per heavy atom. The van der Waals surface area contributed by atoms with Crippen molar-refractivity contribution in [2.45, 2.75) is 0 Å². The number of halogens is 4. The number of hydrogen-bond acceptors (Lipinski definition) is 3. The molecule has 3 nitrogen and oxygen atoms in total. The highest BCUT2D eigenvalue weighted by molar-refractivity contribution is 6.35. The molecule has 6 aromatic rings. The number of para-hydroxylation sites is 2. The normalized spacial score (nSPS) is 11.2. The van der Waals surface area contributed by atoms with Crippen molar-refractivity contribution in [1.82, 2.24) is 9.97 Å². The summed E-state index contributed by atoms with van der Waals surface area (Å²) >= 11 is 13.0. The number of ether oxygens (including phenoxy) is 1. The molecule has 0 radical (unpaired) electrons. The number of pyridine rings is 2. The van der Waals surface area contributed by atoms with E-state index >= 15 is 0 Å². The molecule has 2 heterocycles. The maximum atomic E-state index is 14.7. The lowest BCUT2D eigenvalue weighted by molar-refractivity contribution is 0.482. The van der Waals surface area contributed by atoms with Gasteiger partial charge in [0.1, 0.15) is 23.1 Å². The first-order chi connectivity index (χ1) is 18.0. The van der Waals surface area contributed by atoms with Gasteiger partial charge in [-0.1, -0.05) is 59.6 Å². The maximum Gasteiger partial charge on any atom is 0.142 e. The smallest absolute Gasteiger partial charge is 0.142 e. The molecule has 0 fully saturated rings. The number of aromatic nitrogens is 2. The van der Waals surface area contributed by atoms with Crippen LogP contribution in [0.4, 0.5) is 8.78 Å². The van der Waals surface area contributed by atoms with Gasteiger partial charge in [-0.2, -0.15) is 0 Å². The Balaban J connectivity index is 1.59. The second-order valence-corrected chi connectivity index (χ2v) is 9.08. The minimum Gasteiger partial charge on any atom is -0.456 e. The highest BCUT2D eigenvalue weighted by atomic mass is 35.5. The van der Waals surface area contributed by atoms with Gasteiger partial charge < -0.3 is 4.74 Å². The van der Waals surface area contributed by atoms with E-state index in [0.717, 1.165) is 21.8 Å². The molecule has 0 N–H and O–H groups in total. The van der Waals surface area contributed by atoms with Crippen molar-refractivity contribution in [2.24, 2.45) is 0 Å². The van der Waals surface area contributed by atoms with Gasteiger partial charge in [-0.3, -0.25) is 9.97 Å². The average Bonchev–Trinajstić information content (AvgIpc) is 2.93. The number of nitrogens with zero attached hydrogens (tertiary/aromatic N) is 2. The van der Waals surface area contributed by atoms with Gasteiger partial charge in [0.2, 0.25) is 0 Å². The highest BCUT2D eigenvalue weighted by Crippen LogP contribution is 2.47. The number of hydrogen-bond donors (Lipinski definition) is 0. The lowest BCUT2D eigenvalue weighted by Gasteiger charge is -2.18. The SMILES string of the molecule is Fc1ccc(Oc2ccc(F)c(Cl)c2-c2ccnc3ccccc23)c(-c2ccnc3ccccc23)c1Cl. The zero-order valence-electron chi connectivity index (χ0n) is 19.1. The van der Waals surface area contributed by atoms with Crippen LogP contribution in [0.5, 0.6) is 11.5 Å². The second-order valence-electron chi connectivity index (χ2n) is 8.32. The van der Waals surface area contributed by atoms with Crippen LogP contribution in [-0.2, 0) is 0 Å². The van der Waals surface area contributed by atoms with Gasteiger partial charge in [-0.15, -0.1) is 0 Å². The van der Waals surface area contributed by atoms with Gasteiger partial charge in [0.05, 0.1) is 21.1 Å². The van der Waals surface area contributed by atoms with E-state index in [1.54, 1.807) is 24.5 Å². The second kappa shape index (κ2) is 9.43. The van der Waals surface area contributed by atoms with E-state index in [1.165, 1.54) is 24.3 Å². The summed E-state index contributed by atoms with van der Waals surface area (Å²) in [6, 6.07) is 23.9. The third-order valence-corrected chi connectivity index (χ3v) is 6.91. The molecular formula is C30H16Cl2F2N2O. The van der Waals surface area contributed by atoms with Gasteiger partial charge in [0, 0.05) is 34.3 Å². The van der Waals surface area contributed by atoms with Crippen molar-refractivity contribution in [2.75, 3.05) is 0 Å². The lowest BCUT2D eigenvalue weighted by Crippen LogP contribution is -1.97. The summed E-state index contributed by atoms with van der Waals surface area (Å²) in [6.45, 7) is 0. The third-order valence-electron chi connectivity index (χ3n) is 6.17. The first-order valence-electron chi connectivity index (χ1n) is 11.3. The molecule has 6 rings (SSSR count). The van der Waals surface area contributed by atoms with E-state index in [-0.39, 0.29) is 21.5 Å². The number of benzene rings is 4. The lowest BCUT2D eigenvalue weighted by atomic mass is 9.99. The van der Waals surface area contributed by atoms with Gasteiger partial charge in [0.25, 0.3) is 0 Å². The average molecular weight is 529 g/mol. The molecule has 0 aliphatic carbocycles. The van der Waals surface area contributed by atoms with Crippen LogP contribution in [0, 0.1) is 11.6 Å². The zero-order chi connectivity index (χ0) is 25.5. The first kappa shape index (κ1) is 23.3. The molecule has 37 heavy (non-hydrogen) atoms. The molecule has 0 aliphatic rings. The minimum atomic E-state index is -0.595. The van der Waals surface area contributed by atoms with E-state index in [9.17, 15) is 8.78 Å². The van der Waals surface area contributed by atoms with E-state index in [0.29, 0.717) is 22.3 Å². The molecule has 0 spiro atoms. The topological polar surface area (TPSA) is 35.0 Å². The van der Waals surface area contributed by atoms with E-state index in [2.05, 4.69) is 9.97 Å². The van der Waals surface area contributed by atoms with Crippen molar-refractivity contribution in [3.05, 3.63) is 119 Å². The van der Waals surface area contributed by atoms with E-state index in [4.69, 9.17) is 27.9 Å². The van der Waals surface area contributed by atoms with Gasteiger partial charge >= 0.3 is 0 Å². The summed E-state index contributed by atoms with van der Waals surface area (Å²) < 4.78 is 35.9. The summed E-state index contributed by atoms with van der Waals surface area (Å²) in [4.78, 5) is 8.79. The fraction of sp³-hybridized carbons (Fsp3) is 0. The maximum absolute atomic E-state index is 14.7. The van der Waals surface area contributed by atoms with Crippen LogP contribution in [0.3, 0.4) is 0 Å². The summed E-state index contributed by atoms with van der Waals surface area (Å²) in [7, 11) is 0. The van der Waals surface area contributed by atoms with E-state index < -0.39 is 11.6 Å². The van der Waals surface area contributed by atoms with Crippen LogP contribution in [0.25, 0.3) is 44.1 Å². The molecule has 180 valence electrons. The van der Waals surface area contributed by atoms with Gasteiger partial charge in [-0.25, -0.2) is 8.78 Å². The van der Waals surface area contributed by atoms with Crippen LogP contribution in [-0.4, -0.2) is 9.97 Å². The standard InChI is InChI=1S/C30H16Cl2F2N2O/c31-29-21(33)9-11-25(27(29)19-13-15-35-23-7-3-1-5-17(19)23)37-26-12-10-22(34)30(32)28(26)20-14-16-36-24-8-4-2-6-18(20)24/h1-16H. The van der Waals surface area contributed by atoms with Crippen LogP contribution in [0.1, 0.15) is 0 Å². The van der Waals surface area contributed by atoms with Crippen LogP contribution < -0.4 is 4.74 Å². The Morgan fingerprint density at radius 2 is 0.973 bits per heavy atom. The zero-order valence-corrected chi connectivity index (χ0v) is 20.6. The predicted molar refractivity (Wildman–Crippen MR) is 144 cm³/mol. The van der Waals surface area contributed by atoms with Crippen molar-refractivity contribution >= 4 is 45.0 Å². The highest BCUT2D eigenvalue weighted by Gasteiger charge is 2.22. The van der Waals surface area contributed by atoms with Gasteiger partial charge in [0.15, 0.2) is 0 Å². The Hall–Kier alpha value is -4.06. The Bertz CT molecular complexity index is 1680. The van der Waals surface area contributed by atoms with Crippen LogP contribution in [0.15, 0.2) is 97.3 Å². The van der Waals surface area contributed by atoms with Crippen LogP contribution >= 0.6 is 23.2 Å². The largest absolute Gasteiger partial charge is 0.456 e. The van der Waals surface area contributed by atoms with Crippen LogP contribution in [0.2, 0.25) is 10.0 Å². The summed E-state index contributed by atoms with van der Waals surface area (Å²) in [5.41, 5.74) is 3.45. The third kappa shape index (κ3) is 4.06. The molecule has 0 atom stereocenters. The fourth-order valence-corrected chi connectivity index (χ4v) is 5.00.